The lowest BCUT2D eigenvalue weighted by Gasteiger charge is -2.19. The molecule has 0 saturated carbocycles. The van der Waals surface area contributed by atoms with E-state index in [2.05, 4.69) is 43.5 Å². The molecule has 2 unspecified atom stereocenters. The normalized spacial score (nSPS) is 12.9. The van der Waals surface area contributed by atoms with Crippen molar-refractivity contribution in [3.63, 3.8) is 0 Å². The summed E-state index contributed by atoms with van der Waals surface area (Å²) >= 11 is 0. The van der Waals surface area contributed by atoms with E-state index >= 15 is 0 Å². The van der Waals surface area contributed by atoms with Crippen molar-refractivity contribution >= 4 is 5.91 Å². The minimum atomic E-state index is -0.870. The maximum atomic E-state index is 12.5. The molecule has 0 bridgehead atoms. The van der Waals surface area contributed by atoms with Crippen molar-refractivity contribution in [3.05, 3.63) is 36.5 Å². The van der Waals surface area contributed by atoms with Crippen LogP contribution in [0.2, 0.25) is 0 Å². The predicted octanol–water partition coefficient (Wildman–Crippen LogP) is 21.2. The smallest absolute Gasteiger partial charge is 0.220 e. The Morgan fingerprint density at radius 1 is 0.333 bits per heavy atom. The van der Waals surface area contributed by atoms with E-state index in [-0.39, 0.29) is 12.5 Å². The number of nitrogens with one attached hydrogen (secondary N) is 1. The van der Waals surface area contributed by atoms with E-state index in [0.717, 1.165) is 38.5 Å². The van der Waals surface area contributed by atoms with Crippen LogP contribution in [0.25, 0.3) is 0 Å². The van der Waals surface area contributed by atoms with E-state index in [4.69, 9.17) is 0 Å². The summed E-state index contributed by atoms with van der Waals surface area (Å²) in [5.74, 6) is -0.0705. The lowest BCUT2D eigenvalue weighted by molar-refractivity contribution is -0.123. The third kappa shape index (κ3) is 57.4. The molecule has 0 aromatic carbocycles. The number of carbonyl (C=O) groups is 1. The number of amides is 1. The molecule has 0 saturated heterocycles. The zero-order chi connectivity index (χ0) is 49.9. The molecule has 408 valence electrons. The van der Waals surface area contributed by atoms with Gasteiger partial charge in [-0.3, -0.25) is 4.79 Å². The Balaban J connectivity index is 3.49. The lowest BCUT2D eigenvalue weighted by Crippen LogP contribution is -2.45. The number of carbonyl (C=O) groups excluding carboxylic acids is 1. The molecular weight excluding hydrogens is 843 g/mol. The van der Waals surface area contributed by atoms with Gasteiger partial charge in [-0.25, -0.2) is 0 Å². The van der Waals surface area contributed by atoms with Gasteiger partial charge < -0.3 is 15.5 Å². The maximum Gasteiger partial charge on any atom is 0.220 e. The van der Waals surface area contributed by atoms with Gasteiger partial charge in [0.2, 0.25) is 5.91 Å². The Morgan fingerprint density at radius 3 is 0.841 bits per heavy atom. The summed E-state index contributed by atoms with van der Waals surface area (Å²) in [6, 6.07) is -0.645. The van der Waals surface area contributed by atoms with Crippen molar-refractivity contribution in [3.8, 4) is 0 Å². The van der Waals surface area contributed by atoms with Crippen molar-refractivity contribution in [2.75, 3.05) is 6.61 Å². The topological polar surface area (TPSA) is 69.6 Å². The van der Waals surface area contributed by atoms with Gasteiger partial charge >= 0.3 is 0 Å². The molecular formula is C65H125NO3. The van der Waals surface area contributed by atoms with Crippen molar-refractivity contribution < 1.29 is 15.0 Å². The first-order valence-corrected chi connectivity index (χ1v) is 31.7. The molecule has 3 N–H and O–H groups in total. The SMILES string of the molecule is CCCCCCCCCCCCCCCCCCCC/C=C/CC/C=C/CC/C=C/C(O)C(CO)NC(=O)CCCCCCCCCCCCCCCCCCCCCCCCCCCCCCC. The van der Waals surface area contributed by atoms with E-state index in [9.17, 15) is 15.0 Å². The van der Waals surface area contributed by atoms with Crippen molar-refractivity contribution in [2.45, 2.75) is 366 Å². The van der Waals surface area contributed by atoms with Gasteiger partial charge in [0.15, 0.2) is 0 Å². The molecule has 0 rings (SSSR count). The second-order valence-corrected chi connectivity index (χ2v) is 21.8. The summed E-state index contributed by atoms with van der Waals surface area (Å²) < 4.78 is 0. The molecule has 69 heavy (non-hydrogen) atoms. The van der Waals surface area contributed by atoms with Gasteiger partial charge in [0.1, 0.15) is 0 Å². The summed E-state index contributed by atoms with van der Waals surface area (Å²) in [4.78, 5) is 12.5. The number of allylic oxidation sites excluding steroid dienone is 5. The standard InChI is InChI=1S/C65H125NO3/c1-3-5-7-9-11-13-15-17-19-21-23-25-27-29-31-33-35-37-39-41-43-45-47-49-51-53-55-57-59-61-65(69)66-63(62-67)64(68)60-58-56-54-52-50-48-46-44-42-40-38-36-34-32-30-28-26-24-22-20-18-16-14-12-10-8-6-4-2/h42,44,50,52,58,60,63-64,67-68H,3-41,43,45-49,51,53-57,59,61-62H2,1-2H3,(H,66,69)/b44-42+,52-50+,60-58+. The molecule has 2 atom stereocenters. The molecule has 0 aliphatic carbocycles. The van der Waals surface area contributed by atoms with E-state index in [1.165, 1.54) is 295 Å². The highest BCUT2D eigenvalue weighted by molar-refractivity contribution is 5.76. The largest absolute Gasteiger partial charge is 0.394 e. The summed E-state index contributed by atoms with van der Waals surface area (Å²) in [6.07, 6.45) is 83.5. The third-order valence-electron chi connectivity index (χ3n) is 14.9. The summed E-state index contributed by atoms with van der Waals surface area (Å²) in [6.45, 7) is 4.34. The molecule has 0 aliphatic rings. The van der Waals surface area contributed by atoms with Crippen LogP contribution in [0.4, 0.5) is 0 Å². The fourth-order valence-electron chi connectivity index (χ4n) is 10.0. The molecule has 4 heteroatoms. The molecule has 4 nitrogen and oxygen atoms in total. The third-order valence-corrected chi connectivity index (χ3v) is 14.9. The number of unbranched alkanes of at least 4 members (excludes halogenated alkanes) is 48. The Hall–Kier alpha value is -1.39. The number of hydrogen-bond donors (Lipinski definition) is 3. The number of aliphatic hydroxyl groups excluding tert-OH is 2. The van der Waals surface area contributed by atoms with Crippen LogP contribution in [0.3, 0.4) is 0 Å². The van der Waals surface area contributed by atoms with Gasteiger partial charge in [0.25, 0.3) is 0 Å². The minimum absolute atomic E-state index is 0.0705. The van der Waals surface area contributed by atoms with Crippen molar-refractivity contribution in [2.24, 2.45) is 0 Å². The first kappa shape index (κ1) is 67.6. The number of rotatable bonds is 59. The average Bonchev–Trinajstić information content (AvgIpc) is 3.35. The summed E-state index contributed by atoms with van der Waals surface area (Å²) in [5.41, 5.74) is 0. The van der Waals surface area contributed by atoms with E-state index < -0.39 is 12.1 Å². The molecule has 0 aliphatic heterocycles. The fraction of sp³-hybridized carbons (Fsp3) is 0.892. The summed E-state index contributed by atoms with van der Waals surface area (Å²) in [7, 11) is 0. The first-order valence-electron chi connectivity index (χ1n) is 31.7. The van der Waals surface area contributed by atoms with Crippen LogP contribution >= 0.6 is 0 Å². The van der Waals surface area contributed by atoms with Crippen LogP contribution in [-0.4, -0.2) is 34.9 Å². The second kappa shape index (κ2) is 60.9. The molecule has 0 heterocycles. The number of aliphatic hydroxyl groups is 2. The average molecular weight is 969 g/mol. The molecule has 0 aromatic heterocycles. The molecule has 0 spiro atoms. The van der Waals surface area contributed by atoms with Gasteiger partial charge in [-0.1, -0.05) is 339 Å². The maximum absolute atomic E-state index is 12.5. The van der Waals surface area contributed by atoms with Crippen molar-refractivity contribution in [1.82, 2.24) is 5.32 Å². The van der Waals surface area contributed by atoms with E-state index in [1.807, 2.05) is 6.08 Å². The van der Waals surface area contributed by atoms with Gasteiger partial charge in [0.05, 0.1) is 18.8 Å². The van der Waals surface area contributed by atoms with E-state index in [0.29, 0.717) is 6.42 Å². The van der Waals surface area contributed by atoms with Gasteiger partial charge in [-0.2, -0.15) is 0 Å². The Labute approximate surface area is 433 Å². The molecule has 1 amide bonds. The van der Waals surface area contributed by atoms with Crippen LogP contribution in [0.1, 0.15) is 354 Å². The van der Waals surface area contributed by atoms with Crippen molar-refractivity contribution in [1.29, 1.82) is 0 Å². The predicted molar refractivity (Wildman–Crippen MR) is 308 cm³/mol. The van der Waals surface area contributed by atoms with Crippen LogP contribution in [0.5, 0.6) is 0 Å². The first-order chi connectivity index (χ1) is 34.2. The molecule has 0 aromatic rings. The van der Waals surface area contributed by atoms with Crippen LogP contribution in [-0.2, 0) is 4.79 Å². The monoisotopic (exact) mass is 968 g/mol. The van der Waals surface area contributed by atoms with Crippen LogP contribution in [0, 0.1) is 0 Å². The van der Waals surface area contributed by atoms with Crippen LogP contribution in [0.15, 0.2) is 36.5 Å². The lowest BCUT2D eigenvalue weighted by atomic mass is 10.0. The quantitative estimate of drug-likeness (QED) is 0.0420. The van der Waals surface area contributed by atoms with E-state index in [1.54, 1.807) is 6.08 Å². The second-order valence-electron chi connectivity index (χ2n) is 21.8. The van der Waals surface area contributed by atoms with Gasteiger partial charge in [-0.05, 0) is 44.9 Å². The molecule has 0 fully saturated rings. The highest BCUT2D eigenvalue weighted by Gasteiger charge is 2.18. The number of hydrogen-bond acceptors (Lipinski definition) is 3. The highest BCUT2D eigenvalue weighted by atomic mass is 16.3. The minimum Gasteiger partial charge on any atom is -0.394 e. The highest BCUT2D eigenvalue weighted by Crippen LogP contribution is 2.18. The Kier molecular flexibility index (Phi) is 59.7. The van der Waals surface area contributed by atoms with Gasteiger partial charge in [0, 0.05) is 6.42 Å². The molecule has 0 radical (unpaired) electrons. The van der Waals surface area contributed by atoms with Gasteiger partial charge in [-0.15, -0.1) is 0 Å². The zero-order valence-electron chi connectivity index (χ0n) is 47.1. The summed E-state index contributed by atoms with van der Waals surface area (Å²) in [5, 5.41) is 23.2. The Bertz CT molecular complexity index is 1050. The van der Waals surface area contributed by atoms with Crippen LogP contribution < -0.4 is 5.32 Å². The fourth-order valence-corrected chi connectivity index (χ4v) is 10.0. The zero-order valence-corrected chi connectivity index (χ0v) is 47.1. The Morgan fingerprint density at radius 2 is 0.565 bits per heavy atom.